The first-order chi connectivity index (χ1) is 9.04. The zero-order chi connectivity index (χ0) is 13.9. The fourth-order valence-electron chi connectivity index (χ4n) is 2.93. The third kappa shape index (κ3) is 3.31. The number of likely N-dealkylation sites (N-methyl/N-ethyl adjacent to an activating group) is 1. The molecule has 0 heterocycles. The summed E-state index contributed by atoms with van der Waals surface area (Å²) in [5.74, 6) is -2.62. The van der Waals surface area contributed by atoms with Gasteiger partial charge >= 0.3 is 0 Å². The van der Waals surface area contributed by atoms with Gasteiger partial charge in [0.05, 0.1) is 6.04 Å². The first kappa shape index (κ1) is 14.4. The Bertz CT molecular complexity index is 394. The van der Waals surface area contributed by atoms with Gasteiger partial charge in [-0.2, -0.15) is 0 Å². The van der Waals surface area contributed by atoms with E-state index in [1.165, 1.54) is 0 Å². The molecule has 3 unspecified atom stereocenters. The molecular weight excluding hydrogens is 246 g/mol. The molecule has 1 fully saturated rings. The third-order valence-electron chi connectivity index (χ3n) is 3.96. The van der Waals surface area contributed by atoms with Crippen molar-refractivity contribution in [2.24, 2.45) is 0 Å². The second-order valence-electron chi connectivity index (χ2n) is 5.33. The van der Waals surface area contributed by atoms with E-state index in [0.29, 0.717) is 6.42 Å². The van der Waals surface area contributed by atoms with Crippen LogP contribution in [0.3, 0.4) is 0 Å². The lowest BCUT2D eigenvalue weighted by Gasteiger charge is -2.39. The summed E-state index contributed by atoms with van der Waals surface area (Å²) in [5, 5.41) is 6.14. The Hall–Kier alpha value is -1.00. The number of nitrogens with one attached hydrogen (secondary N) is 2. The maximum Gasteiger partial charge on any atom is 0.264 e. The van der Waals surface area contributed by atoms with E-state index in [4.69, 9.17) is 0 Å². The lowest BCUT2D eigenvalue weighted by atomic mass is 9.86. The minimum Gasteiger partial charge on any atom is -0.310 e. The monoisotopic (exact) mass is 268 g/mol. The lowest BCUT2D eigenvalue weighted by molar-refractivity contribution is -0.0739. The van der Waals surface area contributed by atoms with Crippen LogP contribution in [0.2, 0.25) is 0 Å². The van der Waals surface area contributed by atoms with Crippen LogP contribution in [0.15, 0.2) is 30.3 Å². The largest absolute Gasteiger partial charge is 0.310 e. The number of hydrogen-bond acceptors (Lipinski definition) is 2. The molecule has 2 N–H and O–H groups in total. The van der Waals surface area contributed by atoms with Crippen molar-refractivity contribution in [2.45, 2.75) is 50.2 Å². The Balaban J connectivity index is 2.05. The molecule has 4 heteroatoms. The van der Waals surface area contributed by atoms with Crippen LogP contribution in [-0.4, -0.2) is 25.1 Å². The minimum absolute atomic E-state index is 0.0175. The Morgan fingerprint density at radius 2 is 1.95 bits per heavy atom. The molecule has 0 amide bonds. The molecule has 1 aromatic rings. The molecule has 0 spiro atoms. The van der Waals surface area contributed by atoms with Crippen molar-refractivity contribution >= 4 is 0 Å². The van der Waals surface area contributed by atoms with Crippen LogP contribution in [-0.2, 0) is 0 Å². The van der Waals surface area contributed by atoms with Gasteiger partial charge < -0.3 is 10.6 Å². The zero-order valence-electron chi connectivity index (χ0n) is 11.5. The van der Waals surface area contributed by atoms with E-state index in [-0.39, 0.29) is 18.5 Å². The Labute approximate surface area is 113 Å². The molecule has 0 bridgehead atoms. The van der Waals surface area contributed by atoms with Gasteiger partial charge in [0.2, 0.25) is 0 Å². The predicted octanol–water partition coefficient (Wildman–Crippen LogP) is 3.11. The molecule has 0 radical (unpaired) electrons. The summed E-state index contributed by atoms with van der Waals surface area (Å²) in [6.07, 6.45) is 1.35. The second-order valence-corrected chi connectivity index (χ2v) is 5.33. The van der Waals surface area contributed by atoms with E-state index in [9.17, 15) is 8.78 Å². The van der Waals surface area contributed by atoms with E-state index in [1.54, 1.807) is 7.05 Å². The van der Waals surface area contributed by atoms with E-state index in [0.717, 1.165) is 12.0 Å². The zero-order valence-corrected chi connectivity index (χ0v) is 11.5. The highest BCUT2D eigenvalue weighted by Crippen LogP contribution is 2.34. The SMILES string of the molecule is CNC1C(NC(C)c2ccccc2)CCCC1(F)F. The van der Waals surface area contributed by atoms with Gasteiger partial charge in [-0.05, 0) is 32.4 Å². The average Bonchev–Trinajstić information content (AvgIpc) is 2.39. The first-order valence-electron chi connectivity index (χ1n) is 6.90. The summed E-state index contributed by atoms with van der Waals surface area (Å²) in [6.45, 7) is 2.02. The molecule has 3 atom stereocenters. The van der Waals surface area contributed by atoms with Crippen LogP contribution in [0.25, 0.3) is 0 Å². The quantitative estimate of drug-likeness (QED) is 0.876. The van der Waals surface area contributed by atoms with Gasteiger partial charge in [0, 0.05) is 18.5 Å². The van der Waals surface area contributed by atoms with Crippen LogP contribution in [0, 0.1) is 0 Å². The van der Waals surface area contributed by atoms with E-state index < -0.39 is 12.0 Å². The van der Waals surface area contributed by atoms with Crippen molar-refractivity contribution in [1.29, 1.82) is 0 Å². The van der Waals surface area contributed by atoms with E-state index in [2.05, 4.69) is 10.6 Å². The molecule has 2 nitrogen and oxygen atoms in total. The van der Waals surface area contributed by atoms with Crippen LogP contribution >= 0.6 is 0 Å². The Morgan fingerprint density at radius 3 is 2.58 bits per heavy atom. The molecule has 1 aliphatic rings. The third-order valence-corrected chi connectivity index (χ3v) is 3.96. The van der Waals surface area contributed by atoms with Crippen molar-refractivity contribution in [3.05, 3.63) is 35.9 Å². The van der Waals surface area contributed by atoms with Crippen LogP contribution < -0.4 is 10.6 Å². The van der Waals surface area contributed by atoms with Gasteiger partial charge in [0.1, 0.15) is 0 Å². The van der Waals surface area contributed by atoms with Crippen LogP contribution in [0.5, 0.6) is 0 Å². The molecule has 0 aliphatic heterocycles. The summed E-state index contributed by atoms with van der Waals surface area (Å²) >= 11 is 0. The van der Waals surface area contributed by atoms with Gasteiger partial charge in [-0.1, -0.05) is 30.3 Å². The summed E-state index contributed by atoms with van der Waals surface area (Å²) in [6, 6.07) is 9.05. The maximum atomic E-state index is 13.9. The molecule has 1 aliphatic carbocycles. The Morgan fingerprint density at radius 1 is 1.26 bits per heavy atom. The highest BCUT2D eigenvalue weighted by atomic mass is 19.3. The standard InChI is InChI=1S/C15H22F2N2/c1-11(12-7-4-3-5-8-12)19-13-9-6-10-15(16,17)14(13)18-2/h3-5,7-8,11,13-14,18-19H,6,9-10H2,1-2H3. The van der Waals surface area contributed by atoms with Gasteiger partial charge in [0.25, 0.3) is 5.92 Å². The summed E-state index contributed by atoms with van der Waals surface area (Å²) in [5.41, 5.74) is 1.13. The molecule has 106 valence electrons. The normalized spacial score (nSPS) is 28.0. The summed E-state index contributed by atoms with van der Waals surface area (Å²) in [7, 11) is 1.62. The Kier molecular flexibility index (Phi) is 4.53. The van der Waals surface area contributed by atoms with Crippen LogP contribution in [0.4, 0.5) is 8.78 Å². The van der Waals surface area contributed by atoms with Crippen molar-refractivity contribution in [3.8, 4) is 0 Å². The van der Waals surface area contributed by atoms with Crippen molar-refractivity contribution in [1.82, 2.24) is 10.6 Å². The molecular formula is C15H22F2N2. The molecule has 2 rings (SSSR count). The molecule has 1 aromatic carbocycles. The van der Waals surface area contributed by atoms with E-state index >= 15 is 0 Å². The fraction of sp³-hybridized carbons (Fsp3) is 0.600. The smallest absolute Gasteiger partial charge is 0.264 e. The lowest BCUT2D eigenvalue weighted by Crippen LogP contribution is -2.59. The number of halogens is 2. The van der Waals surface area contributed by atoms with Crippen molar-refractivity contribution in [2.75, 3.05) is 7.05 Å². The van der Waals surface area contributed by atoms with Gasteiger partial charge in [-0.3, -0.25) is 0 Å². The highest BCUT2D eigenvalue weighted by Gasteiger charge is 2.46. The molecule has 0 saturated heterocycles. The van der Waals surface area contributed by atoms with E-state index in [1.807, 2.05) is 37.3 Å². The van der Waals surface area contributed by atoms with Gasteiger partial charge in [-0.15, -0.1) is 0 Å². The first-order valence-corrected chi connectivity index (χ1v) is 6.90. The number of rotatable bonds is 4. The van der Waals surface area contributed by atoms with Crippen LogP contribution in [0.1, 0.15) is 37.8 Å². The number of alkyl halides is 2. The second kappa shape index (κ2) is 5.97. The average molecular weight is 268 g/mol. The molecule has 0 aromatic heterocycles. The highest BCUT2D eigenvalue weighted by molar-refractivity contribution is 5.18. The molecule has 1 saturated carbocycles. The van der Waals surface area contributed by atoms with Crippen molar-refractivity contribution < 1.29 is 8.78 Å². The number of benzene rings is 1. The van der Waals surface area contributed by atoms with Gasteiger partial charge in [-0.25, -0.2) is 8.78 Å². The maximum absolute atomic E-state index is 13.9. The number of hydrogen-bond donors (Lipinski definition) is 2. The summed E-state index contributed by atoms with van der Waals surface area (Å²) < 4.78 is 27.7. The minimum atomic E-state index is -2.62. The molecule has 19 heavy (non-hydrogen) atoms. The topological polar surface area (TPSA) is 24.1 Å². The van der Waals surface area contributed by atoms with Gasteiger partial charge in [0.15, 0.2) is 0 Å². The summed E-state index contributed by atoms with van der Waals surface area (Å²) in [4.78, 5) is 0. The predicted molar refractivity (Wildman–Crippen MR) is 73.4 cm³/mol. The fourth-order valence-corrected chi connectivity index (χ4v) is 2.93. The van der Waals surface area contributed by atoms with Crippen molar-refractivity contribution in [3.63, 3.8) is 0 Å².